The summed E-state index contributed by atoms with van der Waals surface area (Å²) in [4.78, 5) is 11.4. The predicted octanol–water partition coefficient (Wildman–Crippen LogP) is 3.03. The molecule has 1 aromatic rings. The van der Waals surface area contributed by atoms with Crippen LogP contribution in [0.2, 0.25) is 10.0 Å². The molecular weight excluding hydrogens is 263 g/mol. The number of benzene rings is 1. The zero-order chi connectivity index (χ0) is 12.5. The van der Waals surface area contributed by atoms with Crippen molar-refractivity contribution < 1.29 is 14.6 Å². The van der Waals surface area contributed by atoms with E-state index in [9.17, 15) is 9.90 Å². The summed E-state index contributed by atoms with van der Waals surface area (Å²) in [6, 6.07) is 5.09. The van der Waals surface area contributed by atoms with Gasteiger partial charge in [0.15, 0.2) is 0 Å². The molecule has 17 heavy (non-hydrogen) atoms. The number of aliphatic carboxylic acids is 1. The fourth-order valence-electron chi connectivity index (χ4n) is 2.03. The summed E-state index contributed by atoms with van der Waals surface area (Å²) in [5.74, 6) is -0.842. The van der Waals surface area contributed by atoms with Crippen LogP contribution in [0.4, 0.5) is 0 Å². The normalized spacial score (nSPS) is 23.9. The van der Waals surface area contributed by atoms with E-state index in [-0.39, 0.29) is 6.61 Å². The summed E-state index contributed by atoms with van der Waals surface area (Å²) >= 11 is 11.9. The largest absolute Gasteiger partial charge is 0.481 e. The van der Waals surface area contributed by atoms with Gasteiger partial charge in [0.05, 0.1) is 12.0 Å². The van der Waals surface area contributed by atoms with Gasteiger partial charge in [-0.3, -0.25) is 4.79 Å². The molecule has 1 aliphatic heterocycles. The Labute approximate surface area is 109 Å². The molecule has 1 N–H and O–H groups in total. The Morgan fingerprint density at radius 1 is 1.47 bits per heavy atom. The highest BCUT2D eigenvalue weighted by atomic mass is 35.5. The lowest BCUT2D eigenvalue weighted by Crippen LogP contribution is -2.33. The van der Waals surface area contributed by atoms with Crippen molar-refractivity contribution in [3.05, 3.63) is 33.8 Å². The minimum atomic E-state index is -0.867. The van der Waals surface area contributed by atoms with Crippen LogP contribution in [-0.2, 0) is 16.0 Å². The van der Waals surface area contributed by atoms with E-state index in [1.807, 2.05) is 0 Å². The second-order valence-corrected chi connectivity index (χ2v) is 5.14. The van der Waals surface area contributed by atoms with E-state index in [2.05, 4.69) is 0 Å². The highest BCUT2D eigenvalue weighted by molar-refractivity contribution is 6.33. The smallest absolute Gasteiger partial charge is 0.312 e. The Balaban J connectivity index is 2.29. The molecule has 1 saturated heterocycles. The first-order valence-electron chi connectivity index (χ1n) is 5.29. The first-order valence-corrected chi connectivity index (χ1v) is 6.04. The minimum Gasteiger partial charge on any atom is -0.481 e. The maximum atomic E-state index is 11.4. The molecule has 5 heteroatoms. The molecule has 0 spiro atoms. The van der Waals surface area contributed by atoms with Crippen LogP contribution in [0.15, 0.2) is 18.2 Å². The third-order valence-electron chi connectivity index (χ3n) is 3.09. The predicted molar refractivity (Wildman–Crippen MR) is 65.7 cm³/mol. The van der Waals surface area contributed by atoms with Gasteiger partial charge in [-0.05, 0) is 36.6 Å². The summed E-state index contributed by atoms with van der Waals surface area (Å²) in [6.45, 7) is 0.704. The monoisotopic (exact) mass is 274 g/mol. The Morgan fingerprint density at radius 2 is 2.24 bits per heavy atom. The molecule has 1 aliphatic rings. The van der Waals surface area contributed by atoms with Gasteiger partial charge in [-0.2, -0.15) is 0 Å². The number of hydrogen-bond donors (Lipinski definition) is 1. The number of hydrogen-bond acceptors (Lipinski definition) is 2. The van der Waals surface area contributed by atoms with Crippen LogP contribution < -0.4 is 0 Å². The average Bonchev–Trinajstić information content (AvgIpc) is 2.73. The van der Waals surface area contributed by atoms with E-state index < -0.39 is 11.4 Å². The quantitative estimate of drug-likeness (QED) is 0.922. The molecule has 1 atom stereocenters. The lowest BCUT2D eigenvalue weighted by atomic mass is 9.81. The second kappa shape index (κ2) is 4.84. The van der Waals surface area contributed by atoms with Crippen molar-refractivity contribution in [2.24, 2.45) is 5.41 Å². The molecule has 2 rings (SSSR count). The summed E-state index contributed by atoms with van der Waals surface area (Å²) in [5.41, 5.74) is -0.110. The third kappa shape index (κ3) is 2.57. The maximum Gasteiger partial charge on any atom is 0.312 e. The molecule has 0 bridgehead atoms. The fourth-order valence-corrected chi connectivity index (χ4v) is 2.41. The number of carboxylic acids is 1. The summed E-state index contributed by atoms with van der Waals surface area (Å²) in [6.07, 6.45) is 0.854. The van der Waals surface area contributed by atoms with E-state index in [1.165, 1.54) is 0 Å². The van der Waals surface area contributed by atoms with Crippen LogP contribution in [0.5, 0.6) is 0 Å². The van der Waals surface area contributed by atoms with Crippen LogP contribution in [0.1, 0.15) is 12.0 Å². The first kappa shape index (κ1) is 12.7. The van der Waals surface area contributed by atoms with Crippen LogP contribution in [-0.4, -0.2) is 24.3 Å². The van der Waals surface area contributed by atoms with Gasteiger partial charge < -0.3 is 9.84 Å². The summed E-state index contributed by atoms with van der Waals surface area (Å²) < 4.78 is 5.21. The van der Waals surface area contributed by atoms with Crippen molar-refractivity contribution in [1.29, 1.82) is 0 Å². The standard InChI is InChI=1S/C12H12Cl2O3/c13-9-1-2-10(14)8(5-9)6-12(11(15)16)3-4-17-7-12/h1-2,5H,3-4,6-7H2,(H,15,16). The molecule has 1 heterocycles. The van der Waals surface area contributed by atoms with Crippen LogP contribution in [0.25, 0.3) is 0 Å². The number of rotatable bonds is 3. The van der Waals surface area contributed by atoms with Gasteiger partial charge in [0.25, 0.3) is 0 Å². The van der Waals surface area contributed by atoms with Crippen molar-refractivity contribution in [2.75, 3.05) is 13.2 Å². The Kier molecular flexibility index (Phi) is 3.61. The van der Waals surface area contributed by atoms with Crippen molar-refractivity contribution in [3.8, 4) is 0 Å². The number of ether oxygens (including phenoxy) is 1. The molecule has 0 aliphatic carbocycles. The Hall–Kier alpha value is -0.770. The van der Waals surface area contributed by atoms with Crippen molar-refractivity contribution >= 4 is 29.2 Å². The van der Waals surface area contributed by atoms with E-state index in [0.717, 1.165) is 5.56 Å². The molecular formula is C12H12Cl2O3. The molecule has 1 aromatic carbocycles. The number of halogens is 2. The molecule has 0 radical (unpaired) electrons. The third-order valence-corrected chi connectivity index (χ3v) is 3.70. The number of carbonyl (C=O) groups is 1. The average molecular weight is 275 g/mol. The second-order valence-electron chi connectivity index (χ2n) is 4.30. The van der Waals surface area contributed by atoms with Gasteiger partial charge in [0.2, 0.25) is 0 Å². The molecule has 0 amide bonds. The van der Waals surface area contributed by atoms with Crippen LogP contribution in [0, 0.1) is 5.41 Å². The molecule has 0 saturated carbocycles. The molecule has 1 unspecified atom stereocenters. The van der Waals surface area contributed by atoms with Gasteiger partial charge in [0, 0.05) is 16.7 Å². The zero-order valence-electron chi connectivity index (χ0n) is 9.08. The molecule has 3 nitrogen and oxygen atoms in total. The van der Waals surface area contributed by atoms with Crippen molar-refractivity contribution in [1.82, 2.24) is 0 Å². The van der Waals surface area contributed by atoms with Crippen LogP contribution >= 0.6 is 23.2 Å². The van der Waals surface area contributed by atoms with Gasteiger partial charge >= 0.3 is 5.97 Å². The molecule has 1 fully saturated rings. The highest BCUT2D eigenvalue weighted by Gasteiger charge is 2.42. The van der Waals surface area contributed by atoms with Crippen molar-refractivity contribution in [2.45, 2.75) is 12.8 Å². The lowest BCUT2D eigenvalue weighted by molar-refractivity contribution is -0.148. The zero-order valence-corrected chi connectivity index (χ0v) is 10.6. The minimum absolute atomic E-state index is 0.227. The first-order chi connectivity index (χ1) is 8.03. The Morgan fingerprint density at radius 3 is 2.82 bits per heavy atom. The van der Waals surface area contributed by atoms with Gasteiger partial charge in [0.1, 0.15) is 0 Å². The van der Waals surface area contributed by atoms with Crippen molar-refractivity contribution in [3.63, 3.8) is 0 Å². The number of carboxylic acid groups (broad SMARTS) is 1. The summed E-state index contributed by atoms with van der Waals surface area (Å²) in [7, 11) is 0. The van der Waals surface area contributed by atoms with Gasteiger partial charge in [-0.25, -0.2) is 0 Å². The van der Waals surface area contributed by atoms with E-state index >= 15 is 0 Å². The van der Waals surface area contributed by atoms with E-state index in [4.69, 9.17) is 27.9 Å². The topological polar surface area (TPSA) is 46.5 Å². The molecule has 0 aromatic heterocycles. The van der Waals surface area contributed by atoms with Crippen LogP contribution in [0.3, 0.4) is 0 Å². The lowest BCUT2D eigenvalue weighted by Gasteiger charge is -2.22. The maximum absolute atomic E-state index is 11.4. The summed E-state index contributed by atoms with van der Waals surface area (Å²) in [5, 5.41) is 10.4. The van der Waals surface area contributed by atoms with E-state index in [0.29, 0.717) is 29.5 Å². The van der Waals surface area contributed by atoms with E-state index in [1.54, 1.807) is 18.2 Å². The SMILES string of the molecule is O=C(O)C1(Cc2cc(Cl)ccc2Cl)CCOC1. The fraction of sp³-hybridized carbons (Fsp3) is 0.417. The highest BCUT2D eigenvalue weighted by Crippen LogP contribution is 2.35. The van der Waals surface area contributed by atoms with Gasteiger partial charge in [-0.1, -0.05) is 23.2 Å². The Bertz CT molecular complexity index is 439. The van der Waals surface area contributed by atoms with Gasteiger partial charge in [-0.15, -0.1) is 0 Å². The molecule has 92 valence electrons.